The Morgan fingerprint density at radius 1 is 1.06 bits per heavy atom. The van der Waals surface area contributed by atoms with Crippen molar-refractivity contribution in [2.24, 2.45) is 5.92 Å². The van der Waals surface area contributed by atoms with E-state index >= 15 is 0 Å². The number of para-hydroxylation sites is 1. The Morgan fingerprint density at radius 2 is 1.81 bits per heavy atom. The molecule has 8 nitrogen and oxygen atoms in total. The van der Waals surface area contributed by atoms with Crippen LogP contribution < -0.4 is 4.90 Å². The molecule has 0 fully saturated rings. The second-order valence-corrected chi connectivity index (χ2v) is 9.03. The summed E-state index contributed by atoms with van der Waals surface area (Å²) in [6.07, 6.45) is 0.895. The smallest absolute Gasteiger partial charge is 0.244 e. The number of carbonyl (C=O) groups excluding carboxylic acids is 2. The number of carbonyl (C=O) groups is 2. The minimum absolute atomic E-state index is 0.00548. The molecule has 1 aromatic heterocycles. The molecule has 174 valence electrons. The summed E-state index contributed by atoms with van der Waals surface area (Å²) in [4.78, 5) is 36.3. The first-order valence-electron chi connectivity index (χ1n) is 11.5. The van der Waals surface area contributed by atoms with Gasteiger partial charge in [0.1, 0.15) is 18.2 Å². The Hall–Kier alpha value is -2.74. The predicted molar refractivity (Wildman–Crippen MR) is 125 cm³/mol. The lowest BCUT2D eigenvalue weighted by Gasteiger charge is -2.29. The molecule has 2 aromatic rings. The Morgan fingerprint density at radius 3 is 2.47 bits per heavy atom. The van der Waals surface area contributed by atoms with Gasteiger partial charge in [-0.05, 0) is 44.4 Å². The van der Waals surface area contributed by atoms with E-state index in [-0.39, 0.29) is 18.4 Å². The second-order valence-electron chi connectivity index (χ2n) is 9.03. The van der Waals surface area contributed by atoms with E-state index in [4.69, 9.17) is 0 Å². The van der Waals surface area contributed by atoms with Crippen LogP contribution >= 0.6 is 0 Å². The highest BCUT2D eigenvalue weighted by Crippen LogP contribution is 2.24. The summed E-state index contributed by atoms with van der Waals surface area (Å²) in [5.74, 6) is 1.97. The molecule has 1 aliphatic rings. The molecule has 0 unspecified atom stereocenters. The van der Waals surface area contributed by atoms with E-state index in [1.165, 1.54) is 0 Å². The van der Waals surface area contributed by atoms with E-state index in [0.29, 0.717) is 31.4 Å². The van der Waals surface area contributed by atoms with Crippen molar-refractivity contribution in [3.8, 4) is 0 Å². The number of fused-ring (bicyclic) bond motifs is 1. The fourth-order valence-corrected chi connectivity index (χ4v) is 4.32. The molecule has 0 radical (unpaired) electrons. The summed E-state index contributed by atoms with van der Waals surface area (Å²) in [6.45, 7) is 14.3. The molecule has 0 bridgehead atoms. The summed E-state index contributed by atoms with van der Waals surface area (Å²) in [5, 5.41) is 4.36. The van der Waals surface area contributed by atoms with Crippen LogP contribution in [-0.4, -0.2) is 69.1 Å². The number of aromatic nitrogens is 3. The average Bonchev–Trinajstić information content (AvgIpc) is 3.02. The maximum Gasteiger partial charge on any atom is 0.244 e. The molecular weight excluding hydrogens is 404 g/mol. The number of aryl methyl sites for hydroxylation is 2. The lowest BCUT2D eigenvalue weighted by Crippen LogP contribution is -2.41. The van der Waals surface area contributed by atoms with Crippen LogP contribution in [0.15, 0.2) is 24.3 Å². The minimum atomic E-state index is 0.00548. The van der Waals surface area contributed by atoms with E-state index in [9.17, 15) is 9.59 Å². The second kappa shape index (κ2) is 10.7. The van der Waals surface area contributed by atoms with Crippen molar-refractivity contribution in [3.63, 3.8) is 0 Å². The van der Waals surface area contributed by atoms with Crippen LogP contribution in [0, 0.1) is 19.8 Å². The summed E-state index contributed by atoms with van der Waals surface area (Å²) >= 11 is 0. The first-order chi connectivity index (χ1) is 15.2. The first kappa shape index (κ1) is 23.9. The van der Waals surface area contributed by atoms with Gasteiger partial charge in [-0.3, -0.25) is 9.59 Å². The molecule has 0 aliphatic carbocycles. The Labute approximate surface area is 191 Å². The van der Waals surface area contributed by atoms with E-state index in [1.807, 2.05) is 47.9 Å². The van der Waals surface area contributed by atoms with Crippen molar-refractivity contribution < 1.29 is 9.59 Å². The Bertz CT molecular complexity index is 938. The number of benzene rings is 1. The van der Waals surface area contributed by atoms with E-state index in [2.05, 4.69) is 28.8 Å². The van der Waals surface area contributed by atoms with Crippen LogP contribution in [0.25, 0.3) is 0 Å². The van der Waals surface area contributed by atoms with E-state index < -0.39 is 0 Å². The maximum atomic E-state index is 13.4. The molecule has 1 aromatic carbocycles. The lowest BCUT2D eigenvalue weighted by molar-refractivity contribution is -0.133. The number of rotatable bonds is 4. The highest BCUT2D eigenvalue weighted by atomic mass is 16.2. The molecule has 0 N–H and O–H groups in total. The minimum Gasteiger partial charge on any atom is -0.335 e. The molecule has 32 heavy (non-hydrogen) atoms. The molecule has 0 saturated heterocycles. The topological polar surface area (TPSA) is 74.6 Å². The monoisotopic (exact) mass is 440 g/mol. The van der Waals surface area contributed by atoms with Gasteiger partial charge in [0.25, 0.3) is 0 Å². The molecule has 0 saturated carbocycles. The number of hydrogen-bond acceptors (Lipinski definition) is 5. The number of amides is 2. The van der Waals surface area contributed by atoms with E-state index in [0.717, 1.165) is 43.1 Å². The molecule has 0 spiro atoms. The highest BCUT2D eigenvalue weighted by molar-refractivity contribution is 5.92. The van der Waals surface area contributed by atoms with Crippen molar-refractivity contribution in [3.05, 3.63) is 41.5 Å². The molecule has 2 heterocycles. The van der Waals surface area contributed by atoms with Crippen LogP contribution in [0.3, 0.4) is 0 Å². The van der Waals surface area contributed by atoms with Crippen molar-refractivity contribution >= 4 is 17.5 Å². The van der Waals surface area contributed by atoms with Gasteiger partial charge >= 0.3 is 0 Å². The predicted octanol–water partition coefficient (Wildman–Crippen LogP) is 2.64. The zero-order chi connectivity index (χ0) is 23.3. The summed E-state index contributed by atoms with van der Waals surface area (Å²) in [7, 11) is 0. The summed E-state index contributed by atoms with van der Waals surface area (Å²) in [6, 6.07) is 7.91. The molecule has 1 aliphatic heterocycles. The van der Waals surface area contributed by atoms with E-state index in [1.54, 1.807) is 11.6 Å². The van der Waals surface area contributed by atoms with Gasteiger partial charge in [0.2, 0.25) is 11.8 Å². The lowest BCUT2D eigenvalue weighted by atomic mass is 10.1. The zero-order valence-corrected chi connectivity index (χ0v) is 20.0. The standard InChI is InChI=1S/C24H36N6O2/c1-18(2)15-27-11-8-12-29(21(5)31)23-10-7-6-9-22(23)16-28(14-13-27)24(32)17-30-20(4)25-19(3)26-30/h6-7,9-10,18H,8,11-17H2,1-5H3. The normalized spacial score (nSPS) is 16.1. The SMILES string of the molecule is CC(=O)N1CCCN(CC(C)C)CCN(C(=O)Cn2nc(C)nc2C)Cc2ccccc21. The third-order valence-corrected chi connectivity index (χ3v) is 5.79. The molecule has 3 rings (SSSR count). The van der Waals surface area contributed by atoms with Crippen LogP contribution in [0.4, 0.5) is 5.69 Å². The van der Waals surface area contributed by atoms with Gasteiger partial charge in [-0.15, -0.1) is 0 Å². The fourth-order valence-electron chi connectivity index (χ4n) is 4.32. The van der Waals surface area contributed by atoms with Crippen LogP contribution in [0.5, 0.6) is 0 Å². The van der Waals surface area contributed by atoms with Crippen LogP contribution in [-0.2, 0) is 22.7 Å². The van der Waals surface area contributed by atoms with Crippen LogP contribution in [0.2, 0.25) is 0 Å². The summed E-state index contributed by atoms with van der Waals surface area (Å²) < 4.78 is 1.67. The fraction of sp³-hybridized carbons (Fsp3) is 0.583. The largest absolute Gasteiger partial charge is 0.335 e. The molecule has 2 amide bonds. The molecule has 8 heteroatoms. The van der Waals surface area contributed by atoms with Crippen molar-refractivity contribution in [1.29, 1.82) is 0 Å². The van der Waals surface area contributed by atoms with Crippen molar-refractivity contribution in [1.82, 2.24) is 24.6 Å². The number of hydrogen-bond donors (Lipinski definition) is 0. The number of anilines is 1. The quantitative estimate of drug-likeness (QED) is 0.731. The maximum absolute atomic E-state index is 13.4. The van der Waals surface area contributed by atoms with Gasteiger partial charge in [0.15, 0.2) is 0 Å². The average molecular weight is 441 g/mol. The highest BCUT2D eigenvalue weighted by Gasteiger charge is 2.23. The first-order valence-corrected chi connectivity index (χ1v) is 11.5. The van der Waals surface area contributed by atoms with Crippen LogP contribution in [0.1, 0.15) is 44.4 Å². The van der Waals surface area contributed by atoms with Crippen molar-refractivity contribution in [2.45, 2.75) is 54.1 Å². The zero-order valence-electron chi connectivity index (χ0n) is 20.0. The molecule has 0 atom stereocenters. The molecular formula is C24H36N6O2. The van der Waals surface area contributed by atoms with Gasteiger partial charge in [0.05, 0.1) is 0 Å². The Balaban J connectivity index is 1.91. The third kappa shape index (κ3) is 6.16. The van der Waals surface area contributed by atoms with Gasteiger partial charge in [-0.2, -0.15) is 5.10 Å². The van der Waals surface area contributed by atoms with Gasteiger partial charge in [-0.25, -0.2) is 9.67 Å². The van der Waals surface area contributed by atoms with Gasteiger partial charge in [-0.1, -0.05) is 32.0 Å². The van der Waals surface area contributed by atoms with Crippen molar-refractivity contribution in [2.75, 3.05) is 37.6 Å². The number of nitrogens with zero attached hydrogens (tertiary/aromatic N) is 6. The third-order valence-electron chi connectivity index (χ3n) is 5.79. The van der Waals surface area contributed by atoms with Gasteiger partial charge < -0.3 is 14.7 Å². The van der Waals surface area contributed by atoms with Gasteiger partial charge in [0, 0.05) is 45.3 Å². The summed E-state index contributed by atoms with van der Waals surface area (Å²) in [5.41, 5.74) is 1.88. The Kier molecular flexibility index (Phi) is 8.01.